The van der Waals surface area contributed by atoms with Gasteiger partial charge in [-0.15, -0.1) is 0 Å². The van der Waals surface area contributed by atoms with Crippen molar-refractivity contribution in [2.75, 3.05) is 6.61 Å². The maximum absolute atomic E-state index is 12.2. The number of hydrogen-bond donors (Lipinski definition) is 2. The van der Waals surface area contributed by atoms with Crippen LogP contribution in [0.5, 0.6) is 11.5 Å². The molecule has 2 aromatic carbocycles. The number of carbonyl (C=O) groups is 2. The lowest BCUT2D eigenvalue weighted by Gasteiger charge is -2.18. The van der Waals surface area contributed by atoms with E-state index in [1.807, 2.05) is 56.3 Å². The molecule has 150 valence electrons. The highest BCUT2D eigenvalue weighted by Gasteiger charge is 2.17. The molecule has 28 heavy (non-hydrogen) atoms. The number of hydrazine groups is 1. The quantitative estimate of drug-likeness (QED) is 0.717. The third kappa shape index (κ3) is 5.74. The van der Waals surface area contributed by atoms with Crippen molar-refractivity contribution in [2.45, 2.75) is 46.6 Å². The zero-order valence-electron chi connectivity index (χ0n) is 17.0. The Morgan fingerprint density at radius 1 is 0.929 bits per heavy atom. The Bertz CT molecular complexity index is 813. The number of rotatable bonds is 7. The van der Waals surface area contributed by atoms with Crippen LogP contribution >= 0.6 is 0 Å². The van der Waals surface area contributed by atoms with Crippen LogP contribution in [0, 0.1) is 13.8 Å². The van der Waals surface area contributed by atoms with E-state index in [0.717, 1.165) is 16.7 Å². The minimum atomic E-state index is -0.761. The van der Waals surface area contributed by atoms with Crippen LogP contribution in [0.3, 0.4) is 0 Å². The fourth-order valence-corrected chi connectivity index (χ4v) is 2.72. The highest BCUT2D eigenvalue weighted by molar-refractivity contribution is 5.85. The molecule has 0 aliphatic heterocycles. The first kappa shape index (κ1) is 21.3. The molecule has 2 rings (SSSR count). The van der Waals surface area contributed by atoms with Gasteiger partial charge in [0.25, 0.3) is 11.8 Å². The largest absolute Gasteiger partial charge is 0.483 e. The molecule has 0 aromatic heterocycles. The van der Waals surface area contributed by atoms with Crippen molar-refractivity contribution < 1.29 is 19.1 Å². The van der Waals surface area contributed by atoms with E-state index in [9.17, 15) is 9.59 Å². The summed E-state index contributed by atoms with van der Waals surface area (Å²) in [7, 11) is 0. The molecule has 1 unspecified atom stereocenters. The van der Waals surface area contributed by atoms with Gasteiger partial charge in [0.05, 0.1) is 0 Å². The molecule has 2 N–H and O–H groups in total. The average molecular weight is 384 g/mol. The number of amides is 2. The summed E-state index contributed by atoms with van der Waals surface area (Å²) in [5, 5.41) is 0. The summed E-state index contributed by atoms with van der Waals surface area (Å²) in [6, 6.07) is 13.3. The van der Waals surface area contributed by atoms with Crippen molar-refractivity contribution in [3.63, 3.8) is 0 Å². The number of nitrogens with one attached hydrogen (secondary N) is 2. The Balaban J connectivity index is 1.83. The van der Waals surface area contributed by atoms with Gasteiger partial charge in [-0.3, -0.25) is 20.4 Å². The molecule has 6 nitrogen and oxygen atoms in total. The van der Waals surface area contributed by atoms with Gasteiger partial charge in [-0.05, 0) is 49.4 Å². The minimum absolute atomic E-state index is 0.198. The van der Waals surface area contributed by atoms with Gasteiger partial charge in [-0.2, -0.15) is 0 Å². The second-order valence-electron chi connectivity index (χ2n) is 7.00. The lowest BCUT2D eigenvalue weighted by molar-refractivity contribution is -0.133. The van der Waals surface area contributed by atoms with Crippen molar-refractivity contribution in [1.82, 2.24) is 10.9 Å². The Hall–Kier alpha value is -3.02. The van der Waals surface area contributed by atoms with E-state index in [0.29, 0.717) is 11.5 Å². The van der Waals surface area contributed by atoms with Crippen LogP contribution in [0.15, 0.2) is 42.5 Å². The van der Waals surface area contributed by atoms with Gasteiger partial charge < -0.3 is 9.47 Å². The van der Waals surface area contributed by atoms with E-state index in [2.05, 4.69) is 24.7 Å². The molecule has 0 aliphatic rings. The fourth-order valence-electron chi connectivity index (χ4n) is 2.72. The van der Waals surface area contributed by atoms with Crippen molar-refractivity contribution in [2.24, 2.45) is 0 Å². The molecule has 0 aliphatic carbocycles. The Kier molecular flexibility index (Phi) is 7.44. The average Bonchev–Trinajstić information content (AvgIpc) is 2.67. The normalized spacial score (nSPS) is 11.6. The van der Waals surface area contributed by atoms with Gasteiger partial charge in [0, 0.05) is 0 Å². The van der Waals surface area contributed by atoms with Crippen LogP contribution in [0.25, 0.3) is 0 Å². The first-order valence-electron chi connectivity index (χ1n) is 9.33. The molecule has 6 heteroatoms. The van der Waals surface area contributed by atoms with Crippen LogP contribution in [0.1, 0.15) is 43.4 Å². The Morgan fingerprint density at radius 3 is 2.21 bits per heavy atom. The van der Waals surface area contributed by atoms with Crippen LogP contribution in [-0.4, -0.2) is 24.5 Å². The number of para-hydroxylation sites is 2. The predicted octanol–water partition coefficient (Wildman–Crippen LogP) is 3.42. The highest BCUT2D eigenvalue weighted by Crippen LogP contribution is 2.25. The third-order valence-electron chi connectivity index (χ3n) is 4.30. The van der Waals surface area contributed by atoms with Gasteiger partial charge in [-0.1, -0.05) is 50.2 Å². The summed E-state index contributed by atoms with van der Waals surface area (Å²) < 4.78 is 11.3. The SMILES string of the molecule is Cc1cccc(C)c1OC(C)C(=O)NNC(=O)COc1ccccc1C(C)C. The standard InChI is InChI=1S/C22H28N2O4/c1-14(2)18-11-6-7-12-19(18)27-13-20(25)23-24-22(26)17(5)28-21-15(3)9-8-10-16(21)4/h6-12,14,17H,13H2,1-5H3,(H,23,25)(H,24,26). The van der Waals surface area contributed by atoms with Gasteiger partial charge in [-0.25, -0.2) is 0 Å². The maximum Gasteiger partial charge on any atom is 0.279 e. The zero-order valence-corrected chi connectivity index (χ0v) is 17.0. The zero-order chi connectivity index (χ0) is 20.7. The number of aryl methyl sites for hydroxylation is 2. The summed E-state index contributed by atoms with van der Waals surface area (Å²) >= 11 is 0. The molecular weight excluding hydrogens is 356 g/mol. The smallest absolute Gasteiger partial charge is 0.279 e. The fraction of sp³-hybridized carbons (Fsp3) is 0.364. The van der Waals surface area contributed by atoms with E-state index in [1.54, 1.807) is 6.92 Å². The van der Waals surface area contributed by atoms with Crippen LogP contribution in [0.2, 0.25) is 0 Å². The molecule has 0 bridgehead atoms. The first-order valence-corrected chi connectivity index (χ1v) is 9.33. The van der Waals surface area contributed by atoms with E-state index in [1.165, 1.54) is 0 Å². The number of ether oxygens (including phenoxy) is 2. The summed E-state index contributed by atoms with van der Waals surface area (Å²) in [6.07, 6.45) is -0.761. The lowest BCUT2D eigenvalue weighted by atomic mass is 10.0. The van der Waals surface area contributed by atoms with Crippen molar-refractivity contribution in [3.05, 3.63) is 59.2 Å². The van der Waals surface area contributed by atoms with Crippen LogP contribution in [-0.2, 0) is 9.59 Å². The summed E-state index contributed by atoms with van der Waals surface area (Å²) in [6.45, 7) is 9.38. The van der Waals surface area contributed by atoms with Crippen LogP contribution < -0.4 is 20.3 Å². The van der Waals surface area contributed by atoms with Gasteiger partial charge in [0.2, 0.25) is 0 Å². The first-order chi connectivity index (χ1) is 13.3. The van der Waals surface area contributed by atoms with E-state index < -0.39 is 17.9 Å². The topological polar surface area (TPSA) is 76.7 Å². The molecule has 0 saturated heterocycles. The van der Waals surface area contributed by atoms with Crippen molar-refractivity contribution in [1.29, 1.82) is 0 Å². The number of hydrogen-bond acceptors (Lipinski definition) is 4. The monoisotopic (exact) mass is 384 g/mol. The number of benzene rings is 2. The highest BCUT2D eigenvalue weighted by atomic mass is 16.5. The van der Waals surface area contributed by atoms with Gasteiger partial charge in [0.15, 0.2) is 12.7 Å². The molecule has 2 aromatic rings. The Morgan fingerprint density at radius 2 is 1.57 bits per heavy atom. The van der Waals surface area contributed by atoms with Crippen molar-refractivity contribution in [3.8, 4) is 11.5 Å². The molecular formula is C22H28N2O4. The van der Waals surface area contributed by atoms with E-state index >= 15 is 0 Å². The molecule has 0 fully saturated rings. The second kappa shape index (κ2) is 9.78. The maximum atomic E-state index is 12.2. The molecule has 1 atom stereocenters. The second-order valence-corrected chi connectivity index (χ2v) is 7.00. The summed E-state index contributed by atoms with van der Waals surface area (Å²) in [5.41, 5.74) is 7.64. The van der Waals surface area contributed by atoms with E-state index in [-0.39, 0.29) is 12.5 Å². The molecule has 0 radical (unpaired) electrons. The van der Waals surface area contributed by atoms with Crippen LogP contribution in [0.4, 0.5) is 0 Å². The van der Waals surface area contributed by atoms with Gasteiger partial charge >= 0.3 is 0 Å². The lowest BCUT2D eigenvalue weighted by Crippen LogP contribution is -2.48. The molecule has 0 saturated carbocycles. The Labute approximate surface area is 166 Å². The summed E-state index contributed by atoms with van der Waals surface area (Å²) in [4.78, 5) is 24.2. The molecule has 0 spiro atoms. The van der Waals surface area contributed by atoms with Gasteiger partial charge in [0.1, 0.15) is 11.5 Å². The third-order valence-corrected chi connectivity index (χ3v) is 4.30. The predicted molar refractivity (Wildman–Crippen MR) is 108 cm³/mol. The van der Waals surface area contributed by atoms with E-state index in [4.69, 9.17) is 9.47 Å². The molecule has 2 amide bonds. The minimum Gasteiger partial charge on any atom is -0.483 e. The number of carbonyl (C=O) groups excluding carboxylic acids is 2. The summed E-state index contributed by atoms with van der Waals surface area (Å²) in [5.74, 6) is 0.711. The molecule has 0 heterocycles. The van der Waals surface area contributed by atoms with Crippen molar-refractivity contribution >= 4 is 11.8 Å².